The van der Waals surface area contributed by atoms with Crippen LogP contribution in [0.1, 0.15) is 10.4 Å². The zero-order chi connectivity index (χ0) is 13.8. The Hall–Kier alpha value is -2.27. The second kappa shape index (κ2) is 5.58. The summed E-state index contributed by atoms with van der Waals surface area (Å²) in [5.41, 5.74) is 7.07. The van der Waals surface area contributed by atoms with Gasteiger partial charge in [0.25, 0.3) is 5.91 Å². The molecular weight excluding hydrogens is 266 g/mol. The van der Waals surface area contributed by atoms with E-state index in [4.69, 9.17) is 22.1 Å². The van der Waals surface area contributed by atoms with Crippen molar-refractivity contribution in [3.63, 3.8) is 0 Å². The molecule has 19 heavy (non-hydrogen) atoms. The number of nitrogens with zero attached hydrogens (tertiary/aromatic N) is 1. The Kier molecular flexibility index (Phi) is 3.87. The van der Waals surface area contributed by atoms with Crippen molar-refractivity contribution in [2.24, 2.45) is 0 Å². The molecule has 0 atom stereocenters. The molecule has 0 radical (unpaired) electrons. The van der Waals surface area contributed by atoms with Crippen LogP contribution in [0.3, 0.4) is 0 Å². The van der Waals surface area contributed by atoms with Crippen LogP contribution in [0.25, 0.3) is 0 Å². The zero-order valence-electron chi connectivity index (χ0n) is 10.2. The predicted octanol–water partition coefficient (Wildman–Crippen LogP) is 2.58. The third-order valence-electron chi connectivity index (χ3n) is 2.49. The lowest BCUT2D eigenvalue weighted by molar-refractivity contribution is 0.102. The van der Waals surface area contributed by atoms with Crippen LogP contribution in [0.5, 0.6) is 5.75 Å². The van der Waals surface area contributed by atoms with E-state index in [1.807, 2.05) is 0 Å². The van der Waals surface area contributed by atoms with E-state index in [0.29, 0.717) is 27.8 Å². The van der Waals surface area contributed by atoms with E-state index in [2.05, 4.69) is 10.3 Å². The summed E-state index contributed by atoms with van der Waals surface area (Å²) < 4.78 is 5.03. The number of pyridine rings is 1. The molecule has 6 heteroatoms. The fourth-order valence-corrected chi connectivity index (χ4v) is 1.73. The lowest BCUT2D eigenvalue weighted by atomic mass is 10.1. The van der Waals surface area contributed by atoms with Gasteiger partial charge in [-0.2, -0.15) is 0 Å². The normalized spacial score (nSPS) is 10.0. The molecule has 0 fully saturated rings. The highest BCUT2D eigenvalue weighted by molar-refractivity contribution is 6.29. The number of hydrogen-bond donors (Lipinski definition) is 2. The smallest absolute Gasteiger partial charge is 0.257 e. The zero-order valence-corrected chi connectivity index (χ0v) is 10.9. The second-order valence-electron chi connectivity index (χ2n) is 3.77. The molecule has 98 valence electrons. The summed E-state index contributed by atoms with van der Waals surface area (Å²) in [6.45, 7) is 0. The largest absolute Gasteiger partial charge is 0.497 e. The van der Waals surface area contributed by atoms with E-state index < -0.39 is 0 Å². The average molecular weight is 278 g/mol. The Labute approximate surface area is 115 Å². The Morgan fingerprint density at radius 1 is 1.37 bits per heavy atom. The molecule has 1 aromatic heterocycles. The number of benzene rings is 1. The standard InChI is InChI=1S/C13H12ClN3O2/c1-19-9-2-3-10(11(15)7-9)13(18)17-8-4-5-16-12(14)6-8/h2-7H,15H2,1H3,(H,16,17,18). The third kappa shape index (κ3) is 3.14. The van der Waals surface area contributed by atoms with Crippen molar-refractivity contribution in [3.8, 4) is 5.75 Å². The van der Waals surface area contributed by atoms with Gasteiger partial charge in [-0.1, -0.05) is 11.6 Å². The van der Waals surface area contributed by atoms with Gasteiger partial charge in [0.2, 0.25) is 0 Å². The first-order chi connectivity index (χ1) is 9.10. The van der Waals surface area contributed by atoms with Crippen molar-refractivity contribution in [1.82, 2.24) is 4.98 Å². The molecule has 0 bridgehead atoms. The number of hydrogen-bond acceptors (Lipinski definition) is 4. The molecule has 0 saturated carbocycles. The summed E-state index contributed by atoms with van der Waals surface area (Å²) in [5, 5.41) is 3.00. The summed E-state index contributed by atoms with van der Waals surface area (Å²) >= 11 is 5.74. The quantitative estimate of drug-likeness (QED) is 0.668. The van der Waals surface area contributed by atoms with E-state index in [1.54, 1.807) is 30.3 Å². The summed E-state index contributed by atoms with van der Waals surface area (Å²) in [6, 6.07) is 8.06. The van der Waals surface area contributed by atoms with Gasteiger partial charge in [0, 0.05) is 23.6 Å². The summed E-state index contributed by atoms with van der Waals surface area (Å²) in [5.74, 6) is 0.281. The number of nitrogens with one attached hydrogen (secondary N) is 1. The Morgan fingerprint density at radius 3 is 2.79 bits per heavy atom. The number of halogens is 1. The van der Waals surface area contributed by atoms with Crippen LogP contribution < -0.4 is 15.8 Å². The third-order valence-corrected chi connectivity index (χ3v) is 2.69. The highest BCUT2D eigenvalue weighted by Gasteiger charge is 2.11. The van der Waals surface area contributed by atoms with Crippen LogP contribution in [0.4, 0.5) is 11.4 Å². The maximum absolute atomic E-state index is 12.1. The van der Waals surface area contributed by atoms with Crippen LogP contribution in [-0.4, -0.2) is 18.0 Å². The van der Waals surface area contributed by atoms with Crippen LogP contribution in [-0.2, 0) is 0 Å². The molecule has 0 spiro atoms. The van der Waals surface area contributed by atoms with Crippen molar-refractivity contribution < 1.29 is 9.53 Å². The number of carbonyl (C=O) groups excluding carboxylic acids is 1. The Balaban J connectivity index is 2.20. The first-order valence-corrected chi connectivity index (χ1v) is 5.84. The number of anilines is 2. The first-order valence-electron chi connectivity index (χ1n) is 5.46. The van der Waals surface area contributed by atoms with Crippen LogP contribution in [0, 0.1) is 0 Å². The monoisotopic (exact) mass is 277 g/mol. The molecule has 2 rings (SSSR count). The molecule has 2 aromatic rings. The number of rotatable bonds is 3. The number of methoxy groups -OCH3 is 1. The van der Waals surface area contributed by atoms with E-state index in [-0.39, 0.29) is 5.91 Å². The Morgan fingerprint density at radius 2 is 2.16 bits per heavy atom. The molecule has 0 unspecified atom stereocenters. The van der Waals surface area contributed by atoms with Crippen molar-refractivity contribution >= 4 is 28.9 Å². The maximum atomic E-state index is 12.1. The molecule has 0 saturated heterocycles. The number of carbonyl (C=O) groups is 1. The molecule has 0 aliphatic rings. The SMILES string of the molecule is COc1ccc(C(=O)Nc2ccnc(Cl)c2)c(N)c1. The van der Waals surface area contributed by atoms with Gasteiger partial charge < -0.3 is 15.8 Å². The topological polar surface area (TPSA) is 77.2 Å². The first kappa shape index (κ1) is 13.2. The van der Waals surface area contributed by atoms with Gasteiger partial charge in [0.1, 0.15) is 10.9 Å². The molecular formula is C13H12ClN3O2. The maximum Gasteiger partial charge on any atom is 0.257 e. The van der Waals surface area contributed by atoms with Crippen molar-refractivity contribution in [1.29, 1.82) is 0 Å². The minimum atomic E-state index is -0.317. The van der Waals surface area contributed by atoms with E-state index in [1.165, 1.54) is 13.3 Å². The van der Waals surface area contributed by atoms with E-state index in [9.17, 15) is 4.79 Å². The highest BCUT2D eigenvalue weighted by atomic mass is 35.5. The summed E-state index contributed by atoms with van der Waals surface area (Å²) in [6.07, 6.45) is 1.51. The lowest BCUT2D eigenvalue weighted by Crippen LogP contribution is -2.14. The minimum Gasteiger partial charge on any atom is -0.497 e. The molecule has 5 nitrogen and oxygen atoms in total. The fraction of sp³-hybridized carbons (Fsp3) is 0.0769. The molecule has 1 aromatic carbocycles. The number of nitrogens with two attached hydrogens (primary N) is 1. The van der Waals surface area contributed by atoms with Gasteiger partial charge in [-0.05, 0) is 24.3 Å². The number of nitrogen functional groups attached to an aromatic ring is 1. The summed E-state index contributed by atoms with van der Waals surface area (Å²) in [4.78, 5) is 15.9. The Bertz CT molecular complexity index is 617. The van der Waals surface area contributed by atoms with Gasteiger partial charge in [-0.3, -0.25) is 4.79 Å². The van der Waals surface area contributed by atoms with Gasteiger partial charge >= 0.3 is 0 Å². The molecule has 0 aliphatic heterocycles. The van der Waals surface area contributed by atoms with Gasteiger partial charge in [0.05, 0.1) is 12.7 Å². The second-order valence-corrected chi connectivity index (χ2v) is 4.16. The number of amides is 1. The number of aromatic nitrogens is 1. The number of ether oxygens (including phenoxy) is 1. The van der Waals surface area contributed by atoms with Crippen molar-refractivity contribution in [2.45, 2.75) is 0 Å². The lowest BCUT2D eigenvalue weighted by Gasteiger charge is -2.09. The fourth-order valence-electron chi connectivity index (χ4n) is 1.55. The summed E-state index contributed by atoms with van der Waals surface area (Å²) in [7, 11) is 1.54. The van der Waals surface area contributed by atoms with Gasteiger partial charge in [-0.15, -0.1) is 0 Å². The molecule has 3 N–H and O–H groups in total. The van der Waals surface area contributed by atoms with Crippen LogP contribution >= 0.6 is 11.6 Å². The molecule has 1 heterocycles. The minimum absolute atomic E-state index is 0.306. The van der Waals surface area contributed by atoms with Crippen LogP contribution in [0.2, 0.25) is 5.15 Å². The predicted molar refractivity (Wildman–Crippen MR) is 74.6 cm³/mol. The van der Waals surface area contributed by atoms with Crippen molar-refractivity contribution in [2.75, 3.05) is 18.2 Å². The highest BCUT2D eigenvalue weighted by Crippen LogP contribution is 2.21. The van der Waals surface area contributed by atoms with E-state index in [0.717, 1.165) is 0 Å². The van der Waals surface area contributed by atoms with Gasteiger partial charge in [-0.25, -0.2) is 4.98 Å². The molecule has 1 amide bonds. The van der Waals surface area contributed by atoms with Crippen molar-refractivity contribution in [3.05, 3.63) is 47.2 Å². The van der Waals surface area contributed by atoms with E-state index >= 15 is 0 Å². The van der Waals surface area contributed by atoms with Crippen LogP contribution in [0.15, 0.2) is 36.5 Å². The van der Waals surface area contributed by atoms with Gasteiger partial charge in [0.15, 0.2) is 0 Å². The molecule has 0 aliphatic carbocycles. The average Bonchev–Trinajstić information content (AvgIpc) is 2.38.